The van der Waals surface area contributed by atoms with Crippen molar-refractivity contribution >= 4 is 23.2 Å². The van der Waals surface area contributed by atoms with Crippen LogP contribution in [0.4, 0.5) is 0 Å². The van der Waals surface area contributed by atoms with E-state index < -0.39 is 0 Å². The molecule has 0 bridgehead atoms. The van der Waals surface area contributed by atoms with Crippen molar-refractivity contribution in [2.75, 3.05) is 32.7 Å². The van der Waals surface area contributed by atoms with E-state index in [1.165, 1.54) is 4.88 Å². The maximum atomic E-state index is 11.3. The van der Waals surface area contributed by atoms with E-state index in [0.29, 0.717) is 6.54 Å². The Morgan fingerprint density at radius 3 is 2.60 bits per heavy atom. The number of guanidine groups is 1. The molecule has 0 aromatic carbocycles. The second-order valence-corrected chi connectivity index (χ2v) is 5.77. The van der Waals surface area contributed by atoms with Crippen LogP contribution >= 0.6 is 11.3 Å². The molecular formula is C14H22N4OS. The molecule has 0 spiro atoms. The van der Waals surface area contributed by atoms with Crippen molar-refractivity contribution in [2.45, 2.75) is 20.4 Å². The van der Waals surface area contributed by atoms with Gasteiger partial charge in [0, 0.05) is 44.5 Å². The Morgan fingerprint density at radius 1 is 1.35 bits per heavy atom. The van der Waals surface area contributed by atoms with Gasteiger partial charge in [0.2, 0.25) is 5.91 Å². The molecule has 20 heavy (non-hydrogen) atoms. The van der Waals surface area contributed by atoms with Crippen molar-refractivity contribution in [1.29, 1.82) is 0 Å². The van der Waals surface area contributed by atoms with Gasteiger partial charge in [0.25, 0.3) is 0 Å². The Kier molecular flexibility index (Phi) is 5.40. The number of hydrogen-bond donors (Lipinski definition) is 1. The van der Waals surface area contributed by atoms with E-state index in [1.807, 2.05) is 11.0 Å². The average molecular weight is 294 g/mol. The van der Waals surface area contributed by atoms with Gasteiger partial charge in [0.15, 0.2) is 5.96 Å². The number of nitrogens with zero attached hydrogens (tertiary/aromatic N) is 3. The lowest BCUT2D eigenvalue weighted by Gasteiger charge is -2.36. The number of carbonyl (C=O) groups is 1. The van der Waals surface area contributed by atoms with Gasteiger partial charge < -0.3 is 15.1 Å². The van der Waals surface area contributed by atoms with Gasteiger partial charge in [-0.2, -0.15) is 0 Å². The number of carbonyl (C=O) groups excluding carboxylic acids is 1. The standard InChI is InChI=1S/C14H22N4OS/c1-3-15-14(16-11-13-5-4-10-20-13)18-8-6-17(7-9-18)12(2)19/h4-5,10H,3,6-9,11H2,1-2H3,(H,15,16). The number of hydrogen-bond acceptors (Lipinski definition) is 3. The zero-order valence-electron chi connectivity index (χ0n) is 12.1. The molecule has 1 fully saturated rings. The van der Waals surface area contributed by atoms with E-state index in [-0.39, 0.29) is 5.91 Å². The second-order valence-electron chi connectivity index (χ2n) is 4.74. The minimum atomic E-state index is 0.158. The molecule has 0 atom stereocenters. The fourth-order valence-corrected chi connectivity index (χ4v) is 2.84. The molecule has 6 heteroatoms. The van der Waals surface area contributed by atoms with E-state index in [2.05, 4.69) is 33.6 Å². The second kappa shape index (κ2) is 7.28. The van der Waals surface area contributed by atoms with Crippen molar-refractivity contribution in [1.82, 2.24) is 15.1 Å². The zero-order valence-corrected chi connectivity index (χ0v) is 12.9. The van der Waals surface area contributed by atoms with Crippen LogP contribution in [0.3, 0.4) is 0 Å². The first-order valence-corrected chi connectivity index (χ1v) is 7.90. The molecule has 1 N–H and O–H groups in total. The highest BCUT2D eigenvalue weighted by molar-refractivity contribution is 7.09. The van der Waals surface area contributed by atoms with Gasteiger partial charge >= 0.3 is 0 Å². The summed E-state index contributed by atoms with van der Waals surface area (Å²) in [6.45, 7) is 8.52. The van der Waals surface area contributed by atoms with Crippen LogP contribution in [-0.4, -0.2) is 54.4 Å². The van der Waals surface area contributed by atoms with Crippen LogP contribution in [0.15, 0.2) is 22.5 Å². The SMILES string of the molecule is CCNC(=NCc1cccs1)N1CCN(C(C)=O)CC1. The molecule has 2 rings (SSSR count). The summed E-state index contributed by atoms with van der Waals surface area (Å²) in [6.07, 6.45) is 0. The number of nitrogens with one attached hydrogen (secondary N) is 1. The summed E-state index contributed by atoms with van der Waals surface area (Å²) in [6, 6.07) is 4.15. The van der Waals surface area contributed by atoms with Crippen LogP contribution in [0.25, 0.3) is 0 Å². The summed E-state index contributed by atoms with van der Waals surface area (Å²) in [5, 5.41) is 5.41. The number of rotatable bonds is 3. The molecule has 1 aromatic rings. The van der Waals surface area contributed by atoms with Crippen LogP contribution in [-0.2, 0) is 11.3 Å². The van der Waals surface area contributed by atoms with E-state index in [1.54, 1.807) is 18.3 Å². The van der Waals surface area contributed by atoms with Crippen molar-refractivity contribution in [2.24, 2.45) is 4.99 Å². The molecular weight excluding hydrogens is 272 g/mol. The predicted molar refractivity (Wildman–Crippen MR) is 83.0 cm³/mol. The van der Waals surface area contributed by atoms with Gasteiger partial charge in [-0.15, -0.1) is 11.3 Å². The highest BCUT2D eigenvalue weighted by Crippen LogP contribution is 2.10. The fraction of sp³-hybridized carbons (Fsp3) is 0.571. The third-order valence-corrected chi connectivity index (χ3v) is 4.19. The lowest BCUT2D eigenvalue weighted by atomic mass is 10.3. The Balaban J connectivity index is 1.95. The lowest BCUT2D eigenvalue weighted by molar-refractivity contribution is -0.130. The van der Waals surface area contributed by atoms with Gasteiger partial charge in [-0.05, 0) is 18.4 Å². The van der Waals surface area contributed by atoms with Gasteiger partial charge in [-0.3, -0.25) is 4.79 Å². The Hall–Kier alpha value is -1.56. The fourth-order valence-electron chi connectivity index (χ4n) is 2.21. The number of thiophene rings is 1. The van der Waals surface area contributed by atoms with Crippen molar-refractivity contribution in [3.8, 4) is 0 Å². The van der Waals surface area contributed by atoms with Gasteiger partial charge in [0.05, 0.1) is 6.54 Å². The van der Waals surface area contributed by atoms with E-state index in [4.69, 9.17) is 0 Å². The zero-order chi connectivity index (χ0) is 14.4. The number of amides is 1. The van der Waals surface area contributed by atoms with Gasteiger partial charge in [-0.25, -0.2) is 4.99 Å². The first-order chi connectivity index (χ1) is 9.70. The summed E-state index contributed by atoms with van der Waals surface area (Å²) in [4.78, 5) is 21.4. The molecule has 1 aliphatic heterocycles. The molecule has 110 valence electrons. The van der Waals surface area contributed by atoms with Crippen molar-refractivity contribution in [3.63, 3.8) is 0 Å². The summed E-state index contributed by atoms with van der Waals surface area (Å²) in [7, 11) is 0. The summed E-state index contributed by atoms with van der Waals surface area (Å²) in [5.41, 5.74) is 0. The lowest BCUT2D eigenvalue weighted by Crippen LogP contribution is -2.53. The maximum Gasteiger partial charge on any atom is 0.219 e. The number of aliphatic imine (C=N–C) groups is 1. The van der Waals surface area contributed by atoms with Crippen molar-refractivity contribution < 1.29 is 4.79 Å². The van der Waals surface area contributed by atoms with Crippen LogP contribution in [0, 0.1) is 0 Å². The quantitative estimate of drug-likeness (QED) is 0.677. The highest BCUT2D eigenvalue weighted by Gasteiger charge is 2.20. The van der Waals surface area contributed by atoms with Crippen LogP contribution < -0.4 is 5.32 Å². The topological polar surface area (TPSA) is 47.9 Å². The Morgan fingerprint density at radius 2 is 2.05 bits per heavy atom. The Bertz CT molecular complexity index is 450. The third kappa shape index (κ3) is 3.96. The molecule has 1 saturated heterocycles. The largest absolute Gasteiger partial charge is 0.357 e. The van der Waals surface area contributed by atoms with E-state index in [9.17, 15) is 4.79 Å². The van der Waals surface area contributed by atoms with Gasteiger partial charge in [0.1, 0.15) is 0 Å². The van der Waals surface area contributed by atoms with Crippen LogP contribution in [0.2, 0.25) is 0 Å². The maximum absolute atomic E-state index is 11.3. The van der Waals surface area contributed by atoms with Crippen LogP contribution in [0.5, 0.6) is 0 Å². The smallest absolute Gasteiger partial charge is 0.219 e. The molecule has 0 radical (unpaired) electrons. The first kappa shape index (κ1) is 14.8. The third-order valence-electron chi connectivity index (χ3n) is 3.32. The monoisotopic (exact) mass is 294 g/mol. The molecule has 1 aromatic heterocycles. The molecule has 0 unspecified atom stereocenters. The summed E-state index contributed by atoms with van der Waals surface area (Å²) < 4.78 is 0. The molecule has 5 nitrogen and oxygen atoms in total. The average Bonchev–Trinajstić information content (AvgIpc) is 2.97. The van der Waals surface area contributed by atoms with Gasteiger partial charge in [-0.1, -0.05) is 6.07 Å². The molecule has 0 saturated carbocycles. The summed E-state index contributed by atoms with van der Waals surface area (Å²) >= 11 is 1.73. The minimum Gasteiger partial charge on any atom is -0.357 e. The van der Waals surface area contributed by atoms with Crippen molar-refractivity contribution in [3.05, 3.63) is 22.4 Å². The van der Waals surface area contributed by atoms with E-state index in [0.717, 1.165) is 38.7 Å². The molecule has 1 amide bonds. The molecule has 0 aliphatic carbocycles. The predicted octanol–water partition coefficient (Wildman–Crippen LogP) is 1.38. The Labute approximate surface area is 124 Å². The molecule has 2 heterocycles. The minimum absolute atomic E-state index is 0.158. The molecule has 1 aliphatic rings. The summed E-state index contributed by atoms with van der Waals surface area (Å²) in [5.74, 6) is 1.11. The van der Waals surface area contributed by atoms with Crippen LogP contribution in [0.1, 0.15) is 18.7 Å². The normalized spacial score (nSPS) is 16.4. The highest BCUT2D eigenvalue weighted by atomic mass is 32.1. The number of piperazine rings is 1. The first-order valence-electron chi connectivity index (χ1n) is 7.02. The van der Waals surface area contributed by atoms with E-state index >= 15 is 0 Å².